The molecule has 9 heteroatoms. The van der Waals surface area contributed by atoms with Crippen LogP contribution in [0.3, 0.4) is 0 Å². The number of anilines is 2. The van der Waals surface area contributed by atoms with Crippen LogP contribution in [0, 0.1) is 5.92 Å². The van der Waals surface area contributed by atoms with Crippen LogP contribution >= 0.6 is 11.3 Å². The van der Waals surface area contributed by atoms with Gasteiger partial charge < -0.3 is 25.8 Å². The summed E-state index contributed by atoms with van der Waals surface area (Å²) in [6.07, 6.45) is 8.15. The number of pyridine rings is 1. The van der Waals surface area contributed by atoms with E-state index in [1.165, 1.54) is 22.3 Å². The van der Waals surface area contributed by atoms with Gasteiger partial charge in [0.2, 0.25) is 5.91 Å². The van der Waals surface area contributed by atoms with Gasteiger partial charge >= 0.3 is 6.09 Å². The molecule has 0 spiro atoms. The zero-order valence-corrected chi connectivity index (χ0v) is 17.2. The normalized spacial score (nSPS) is 18.7. The third kappa shape index (κ3) is 4.63. The van der Waals surface area contributed by atoms with E-state index in [0.717, 1.165) is 35.3 Å². The summed E-state index contributed by atoms with van der Waals surface area (Å²) in [4.78, 5) is 30.8. The summed E-state index contributed by atoms with van der Waals surface area (Å²) in [5.41, 5.74) is 8.83. The molecule has 158 valence electrons. The molecule has 1 atom stereocenters. The predicted octanol–water partition coefficient (Wildman–Crippen LogP) is 2.30. The van der Waals surface area contributed by atoms with Crippen molar-refractivity contribution < 1.29 is 19.4 Å². The molecule has 1 aliphatic heterocycles. The zero-order chi connectivity index (χ0) is 21.1. The third-order valence-corrected chi connectivity index (χ3v) is 6.51. The second-order valence-corrected chi connectivity index (χ2v) is 8.71. The lowest BCUT2D eigenvalue weighted by atomic mass is 9.89. The van der Waals surface area contributed by atoms with Crippen molar-refractivity contribution in [2.45, 2.75) is 25.4 Å². The number of rotatable bonds is 5. The molecule has 1 aliphatic carbocycles. The lowest BCUT2D eigenvalue weighted by Crippen LogP contribution is -2.53. The first-order valence-corrected chi connectivity index (χ1v) is 10.7. The summed E-state index contributed by atoms with van der Waals surface area (Å²) in [7, 11) is 0. The molecule has 0 radical (unpaired) electrons. The molecular weight excluding hydrogens is 404 g/mol. The summed E-state index contributed by atoms with van der Waals surface area (Å²) in [6.45, 7) is 1.03. The number of nitrogens with one attached hydrogen (secondary N) is 1. The van der Waals surface area contributed by atoms with E-state index in [-0.39, 0.29) is 17.9 Å². The number of ether oxygens (including phenoxy) is 1. The standard InChI is InChI=1S/C21H24N4O4S/c22-19-16-5-3-14(12-29-21(28)25-10-15(26)11-25)8-17(16)30-20(19)24-18(27)6-4-13-2-1-7-23-9-13/h1-2,4,6-7,9,14-15,26H,3,5,8,10-12,22H2,(H,24,27)/b6-4+. The number of likely N-dealkylation sites (tertiary alicyclic amines) is 1. The second-order valence-electron chi connectivity index (χ2n) is 7.60. The third-order valence-electron chi connectivity index (χ3n) is 5.32. The summed E-state index contributed by atoms with van der Waals surface area (Å²) < 4.78 is 5.39. The van der Waals surface area contributed by atoms with Crippen LogP contribution in [0.4, 0.5) is 15.5 Å². The molecule has 1 saturated heterocycles. The number of hydrogen-bond donors (Lipinski definition) is 3. The SMILES string of the molecule is Nc1c(NC(=O)/C=C/c2cccnc2)sc2c1CCC(COC(=O)N1CC(O)C1)C2. The molecule has 1 fully saturated rings. The number of hydrogen-bond acceptors (Lipinski definition) is 7. The van der Waals surface area contributed by atoms with E-state index in [1.807, 2.05) is 12.1 Å². The molecule has 2 aliphatic rings. The van der Waals surface area contributed by atoms with E-state index in [0.29, 0.717) is 30.4 Å². The van der Waals surface area contributed by atoms with Gasteiger partial charge in [0.25, 0.3) is 0 Å². The maximum atomic E-state index is 12.3. The fourth-order valence-electron chi connectivity index (χ4n) is 3.60. The predicted molar refractivity (Wildman–Crippen MR) is 115 cm³/mol. The van der Waals surface area contributed by atoms with Crippen LogP contribution in [0.2, 0.25) is 0 Å². The summed E-state index contributed by atoms with van der Waals surface area (Å²) in [6, 6.07) is 3.68. The minimum atomic E-state index is -0.434. The van der Waals surface area contributed by atoms with Crippen molar-refractivity contribution in [3.05, 3.63) is 46.6 Å². The van der Waals surface area contributed by atoms with Gasteiger partial charge in [-0.2, -0.15) is 0 Å². The average Bonchev–Trinajstić information content (AvgIpc) is 3.03. The van der Waals surface area contributed by atoms with E-state index >= 15 is 0 Å². The Balaban J connectivity index is 1.32. The number of amides is 2. The largest absolute Gasteiger partial charge is 0.449 e. The van der Waals surface area contributed by atoms with Crippen molar-refractivity contribution in [1.82, 2.24) is 9.88 Å². The molecule has 2 amide bonds. The molecule has 4 rings (SSSR count). The highest BCUT2D eigenvalue weighted by Crippen LogP contribution is 2.41. The van der Waals surface area contributed by atoms with Crippen LogP contribution < -0.4 is 11.1 Å². The summed E-state index contributed by atoms with van der Waals surface area (Å²) >= 11 is 1.49. The molecule has 4 N–H and O–H groups in total. The Kier molecular flexibility index (Phi) is 6.01. The zero-order valence-electron chi connectivity index (χ0n) is 16.4. The maximum absolute atomic E-state index is 12.3. The molecule has 2 aromatic rings. The number of aliphatic hydroxyl groups excluding tert-OH is 1. The van der Waals surface area contributed by atoms with Crippen molar-refractivity contribution in [3.63, 3.8) is 0 Å². The fourth-order valence-corrected chi connectivity index (χ4v) is 4.88. The van der Waals surface area contributed by atoms with Crippen LogP contribution in [-0.4, -0.2) is 52.8 Å². The molecule has 3 heterocycles. The monoisotopic (exact) mass is 428 g/mol. The number of nitrogens with two attached hydrogens (primary N) is 1. The summed E-state index contributed by atoms with van der Waals surface area (Å²) in [5.74, 6) is -0.0221. The van der Waals surface area contributed by atoms with Crippen LogP contribution in [0.15, 0.2) is 30.6 Å². The Bertz CT molecular complexity index is 953. The number of aromatic nitrogens is 1. The number of thiophene rings is 1. The highest BCUT2D eigenvalue weighted by molar-refractivity contribution is 7.17. The number of nitrogen functional groups attached to an aromatic ring is 1. The Morgan fingerprint density at radius 3 is 3.00 bits per heavy atom. The first-order valence-electron chi connectivity index (χ1n) is 9.88. The van der Waals surface area contributed by atoms with E-state index in [4.69, 9.17) is 10.5 Å². The van der Waals surface area contributed by atoms with Crippen LogP contribution in [0.1, 0.15) is 22.4 Å². The minimum absolute atomic E-state index is 0.222. The van der Waals surface area contributed by atoms with Gasteiger partial charge in [-0.25, -0.2) is 4.79 Å². The quantitative estimate of drug-likeness (QED) is 0.629. The molecule has 8 nitrogen and oxygen atoms in total. The molecule has 0 saturated carbocycles. The van der Waals surface area contributed by atoms with Crippen LogP contribution in [0.5, 0.6) is 0 Å². The topological polar surface area (TPSA) is 118 Å². The average molecular weight is 429 g/mol. The van der Waals surface area contributed by atoms with Gasteiger partial charge in [-0.3, -0.25) is 9.78 Å². The molecule has 1 unspecified atom stereocenters. The van der Waals surface area contributed by atoms with Gasteiger partial charge in [-0.1, -0.05) is 6.07 Å². The minimum Gasteiger partial charge on any atom is -0.449 e. The van der Waals surface area contributed by atoms with Crippen molar-refractivity contribution >= 4 is 40.1 Å². The smallest absolute Gasteiger partial charge is 0.409 e. The number of β-amino-alcohol motifs (C(OH)–C–C–N with tert-alkyl or cyclic N) is 1. The maximum Gasteiger partial charge on any atom is 0.409 e. The Hall–Kier alpha value is -2.91. The van der Waals surface area contributed by atoms with Gasteiger partial charge in [0.05, 0.1) is 31.5 Å². The highest BCUT2D eigenvalue weighted by atomic mass is 32.1. The summed E-state index contributed by atoms with van der Waals surface area (Å²) in [5, 5.41) is 12.8. The molecule has 30 heavy (non-hydrogen) atoms. The van der Waals surface area contributed by atoms with E-state index < -0.39 is 6.10 Å². The molecule has 0 aromatic carbocycles. The number of fused-ring (bicyclic) bond motifs is 1. The lowest BCUT2D eigenvalue weighted by molar-refractivity contribution is -0.111. The molecule has 2 aromatic heterocycles. The van der Waals surface area contributed by atoms with Crippen molar-refractivity contribution in [2.24, 2.45) is 5.92 Å². The molecular formula is C21H24N4O4S. The van der Waals surface area contributed by atoms with E-state index in [2.05, 4.69) is 10.3 Å². The van der Waals surface area contributed by atoms with E-state index in [9.17, 15) is 14.7 Å². The van der Waals surface area contributed by atoms with Crippen molar-refractivity contribution in [1.29, 1.82) is 0 Å². The highest BCUT2D eigenvalue weighted by Gasteiger charge is 2.31. The number of carbonyl (C=O) groups excluding carboxylic acids is 2. The number of carbonyl (C=O) groups is 2. The van der Waals surface area contributed by atoms with Gasteiger partial charge in [-0.05, 0) is 48.4 Å². The first kappa shape index (κ1) is 20.4. The second kappa shape index (κ2) is 8.85. The van der Waals surface area contributed by atoms with Gasteiger partial charge in [0.1, 0.15) is 5.00 Å². The van der Waals surface area contributed by atoms with Crippen LogP contribution in [0.25, 0.3) is 6.08 Å². The first-order chi connectivity index (χ1) is 14.5. The van der Waals surface area contributed by atoms with Gasteiger partial charge in [-0.15, -0.1) is 11.3 Å². The Morgan fingerprint density at radius 2 is 2.27 bits per heavy atom. The van der Waals surface area contributed by atoms with Crippen LogP contribution in [-0.2, 0) is 22.4 Å². The van der Waals surface area contributed by atoms with Gasteiger partial charge in [0.15, 0.2) is 0 Å². The number of aliphatic hydroxyl groups is 1. The van der Waals surface area contributed by atoms with Gasteiger partial charge in [0, 0.05) is 23.3 Å². The number of nitrogens with zero attached hydrogens (tertiary/aromatic N) is 2. The Labute approximate surface area is 178 Å². The van der Waals surface area contributed by atoms with E-state index in [1.54, 1.807) is 18.5 Å². The lowest BCUT2D eigenvalue weighted by Gasteiger charge is -2.35. The van der Waals surface area contributed by atoms with Crippen molar-refractivity contribution in [3.8, 4) is 0 Å². The molecule has 0 bridgehead atoms. The Morgan fingerprint density at radius 1 is 1.43 bits per heavy atom. The fraction of sp³-hybridized carbons (Fsp3) is 0.381. The van der Waals surface area contributed by atoms with Crippen molar-refractivity contribution in [2.75, 3.05) is 30.7 Å².